The molecule has 1 aromatic carbocycles. The number of thiophene rings is 1. The van der Waals surface area contributed by atoms with E-state index in [0.29, 0.717) is 12.0 Å². The van der Waals surface area contributed by atoms with Gasteiger partial charge in [0, 0.05) is 15.4 Å². The largest absolute Gasteiger partial charge is 0.271 e. The van der Waals surface area contributed by atoms with Crippen molar-refractivity contribution in [3.63, 3.8) is 0 Å². The summed E-state index contributed by atoms with van der Waals surface area (Å²) in [7, 11) is 0. The van der Waals surface area contributed by atoms with E-state index < -0.39 is 0 Å². The highest BCUT2D eigenvalue weighted by Gasteiger charge is 2.15. The molecule has 6 heteroatoms. The van der Waals surface area contributed by atoms with Crippen molar-refractivity contribution in [1.29, 1.82) is 0 Å². The van der Waals surface area contributed by atoms with Gasteiger partial charge in [0.2, 0.25) is 0 Å². The van der Waals surface area contributed by atoms with E-state index in [2.05, 4.69) is 21.4 Å². The molecule has 2 nitrogen and oxygen atoms in total. The lowest BCUT2D eigenvalue weighted by molar-refractivity contribution is 0.508. The fraction of sp³-hybridized carbons (Fsp3) is 0.231. The molecular weight excluding hydrogens is 351 g/mol. The Morgan fingerprint density at radius 1 is 1.37 bits per heavy atom. The summed E-state index contributed by atoms with van der Waals surface area (Å²) < 4.78 is 14.9. The van der Waals surface area contributed by atoms with E-state index in [1.54, 1.807) is 29.5 Å². The van der Waals surface area contributed by atoms with Crippen LogP contribution in [0.4, 0.5) is 4.39 Å². The Balaban J connectivity index is 2.11. The number of benzene rings is 1. The maximum atomic E-state index is 13.8. The highest BCUT2D eigenvalue weighted by molar-refractivity contribution is 9.10. The summed E-state index contributed by atoms with van der Waals surface area (Å²) in [5.41, 5.74) is 3.31. The molecule has 1 aromatic heterocycles. The molecule has 0 aliphatic carbocycles. The van der Waals surface area contributed by atoms with Crippen molar-refractivity contribution in [2.75, 3.05) is 0 Å². The Morgan fingerprint density at radius 3 is 2.79 bits per heavy atom. The van der Waals surface area contributed by atoms with Gasteiger partial charge in [-0.2, -0.15) is 0 Å². The van der Waals surface area contributed by atoms with E-state index in [-0.39, 0.29) is 16.9 Å². The molecule has 0 bridgehead atoms. The minimum absolute atomic E-state index is 0.0390. The maximum Gasteiger partial charge on any atom is 0.145 e. The molecular formula is C13H13BrClFN2S. The van der Waals surface area contributed by atoms with Gasteiger partial charge in [-0.05, 0) is 51.8 Å². The van der Waals surface area contributed by atoms with Crippen LogP contribution < -0.4 is 11.3 Å². The Morgan fingerprint density at radius 2 is 2.16 bits per heavy atom. The molecule has 0 saturated heterocycles. The van der Waals surface area contributed by atoms with Crippen LogP contribution in [-0.4, -0.2) is 6.04 Å². The number of nitrogens with one attached hydrogen (secondary N) is 1. The highest BCUT2D eigenvalue weighted by atomic mass is 79.9. The van der Waals surface area contributed by atoms with Gasteiger partial charge in [0.25, 0.3) is 0 Å². The fourth-order valence-corrected chi connectivity index (χ4v) is 3.65. The molecule has 0 spiro atoms. The summed E-state index contributed by atoms with van der Waals surface area (Å²) >= 11 is 10.9. The molecule has 3 N–H and O–H groups in total. The zero-order valence-electron chi connectivity index (χ0n) is 10.00. The zero-order valence-corrected chi connectivity index (χ0v) is 13.2. The van der Waals surface area contributed by atoms with Gasteiger partial charge in [0.1, 0.15) is 5.82 Å². The Hall–Kier alpha value is -0.460. The van der Waals surface area contributed by atoms with Crippen LogP contribution in [0.3, 0.4) is 0 Å². The van der Waals surface area contributed by atoms with Crippen LogP contribution in [-0.2, 0) is 12.8 Å². The molecule has 0 aliphatic rings. The molecule has 0 radical (unpaired) electrons. The summed E-state index contributed by atoms with van der Waals surface area (Å²) in [6.45, 7) is 0. The monoisotopic (exact) mass is 362 g/mol. The van der Waals surface area contributed by atoms with Crippen LogP contribution in [0, 0.1) is 5.82 Å². The van der Waals surface area contributed by atoms with Crippen LogP contribution >= 0.6 is 38.9 Å². The van der Waals surface area contributed by atoms with Gasteiger partial charge >= 0.3 is 0 Å². The van der Waals surface area contributed by atoms with E-state index in [9.17, 15) is 4.39 Å². The van der Waals surface area contributed by atoms with E-state index in [1.807, 2.05) is 11.4 Å². The van der Waals surface area contributed by atoms with Crippen molar-refractivity contribution in [2.45, 2.75) is 18.9 Å². The first kappa shape index (κ1) is 14.9. The van der Waals surface area contributed by atoms with E-state index in [0.717, 1.165) is 10.9 Å². The standard InChI is InChI=1S/C13H13BrClFN2S/c14-10-4-5-19-12(10)7-9(18-17)6-8-2-1-3-11(15)13(8)16/h1-5,9,18H,6-7,17H2. The minimum Gasteiger partial charge on any atom is -0.271 e. The molecule has 1 unspecified atom stereocenters. The number of nitrogens with two attached hydrogens (primary N) is 1. The fourth-order valence-electron chi connectivity index (χ4n) is 1.86. The average molecular weight is 364 g/mol. The van der Waals surface area contributed by atoms with Crippen molar-refractivity contribution in [3.05, 3.63) is 55.4 Å². The lowest BCUT2D eigenvalue weighted by Crippen LogP contribution is -2.38. The second-order valence-corrected chi connectivity index (χ2v) is 6.44. The van der Waals surface area contributed by atoms with Crippen molar-refractivity contribution in [1.82, 2.24) is 5.43 Å². The smallest absolute Gasteiger partial charge is 0.145 e. The molecule has 0 fully saturated rings. The SMILES string of the molecule is NNC(Cc1cccc(Cl)c1F)Cc1sccc1Br. The first-order valence-corrected chi connectivity index (χ1v) is 7.77. The highest BCUT2D eigenvalue weighted by Crippen LogP contribution is 2.25. The topological polar surface area (TPSA) is 38.0 Å². The van der Waals surface area contributed by atoms with Crippen LogP contribution in [0.1, 0.15) is 10.4 Å². The number of rotatable bonds is 5. The molecule has 102 valence electrons. The van der Waals surface area contributed by atoms with Gasteiger partial charge in [-0.1, -0.05) is 23.7 Å². The van der Waals surface area contributed by atoms with Crippen LogP contribution in [0.2, 0.25) is 5.02 Å². The van der Waals surface area contributed by atoms with Gasteiger partial charge in [-0.25, -0.2) is 4.39 Å². The van der Waals surface area contributed by atoms with E-state index in [4.69, 9.17) is 17.4 Å². The predicted molar refractivity (Wildman–Crippen MR) is 81.9 cm³/mol. The van der Waals surface area contributed by atoms with Crippen molar-refractivity contribution in [3.8, 4) is 0 Å². The second kappa shape index (κ2) is 6.81. The van der Waals surface area contributed by atoms with Crippen LogP contribution in [0.25, 0.3) is 0 Å². The lowest BCUT2D eigenvalue weighted by Gasteiger charge is -2.16. The molecule has 0 saturated carbocycles. The third kappa shape index (κ3) is 3.77. The number of hydrazine groups is 1. The third-order valence-corrected chi connectivity index (χ3v) is 5.10. The third-order valence-electron chi connectivity index (χ3n) is 2.86. The molecule has 19 heavy (non-hydrogen) atoms. The van der Waals surface area contributed by atoms with Gasteiger partial charge < -0.3 is 0 Å². The second-order valence-electron chi connectivity index (χ2n) is 4.18. The quantitative estimate of drug-likeness (QED) is 0.624. The van der Waals surface area contributed by atoms with E-state index in [1.165, 1.54) is 4.88 Å². The summed E-state index contributed by atoms with van der Waals surface area (Å²) in [5, 5.41) is 2.15. The van der Waals surface area contributed by atoms with Crippen molar-refractivity contribution in [2.24, 2.45) is 5.84 Å². The van der Waals surface area contributed by atoms with Crippen molar-refractivity contribution >= 4 is 38.9 Å². The number of hydrogen-bond acceptors (Lipinski definition) is 3. The molecule has 1 atom stereocenters. The lowest BCUT2D eigenvalue weighted by atomic mass is 10.0. The minimum atomic E-state index is -0.366. The Labute approximate surface area is 128 Å². The molecule has 0 amide bonds. The van der Waals surface area contributed by atoms with Crippen LogP contribution in [0.5, 0.6) is 0 Å². The first-order chi connectivity index (χ1) is 9.11. The molecule has 0 aliphatic heterocycles. The van der Waals surface area contributed by atoms with Crippen molar-refractivity contribution < 1.29 is 4.39 Å². The van der Waals surface area contributed by atoms with Gasteiger partial charge in [0.15, 0.2) is 0 Å². The molecule has 2 rings (SSSR count). The average Bonchev–Trinajstić information content (AvgIpc) is 2.79. The molecule has 1 heterocycles. The summed E-state index contributed by atoms with van der Waals surface area (Å²) in [4.78, 5) is 1.19. The Bertz CT molecular complexity index is 561. The van der Waals surface area contributed by atoms with Gasteiger partial charge in [-0.15, -0.1) is 11.3 Å². The predicted octanol–water partition coefficient (Wildman–Crippen LogP) is 3.92. The summed E-state index contributed by atoms with van der Waals surface area (Å²) in [6, 6.07) is 6.97. The zero-order chi connectivity index (χ0) is 13.8. The first-order valence-electron chi connectivity index (χ1n) is 5.72. The van der Waals surface area contributed by atoms with Crippen LogP contribution in [0.15, 0.2) is 34.1 Å². The van der Waals surface area contributed by atoms with Gasteiger partial charge in [-0.3, -0.25) is 11.3 Å². The summed E-state index contributed by atoms with van der Waals surface area (Å²) in [5.74, 6) is 5.19. The maximum absolute atomic E-state index is 13.8. The summed E-state index contributed by atoms with van der Waals surface area (Å²) in [6.07, 6.45) is 1.23. The molecule has 2 aromatic rings. The van der Waals surface area contributed by atoms with Gasteiger partial charge in [0.05, 0.1) is 5.02 Å². The normalized spacial score (nSPS) is 12.6. The Kier molecular flexibility index (Phi) is 5.36. The van der Waals surface area contributed by atoms with E-state index >= 15 is 0 Å². The number of halogens is 3. The number of hydrogen-bond donors (Lipinski definition) is 2.